The van der Waals surface area contributed by atoms with E-state index in [2.05, 4.69) is 5.10 Å². The second-order valence-corrected chi connectivity index (χ2v) is 6.08. The van der Waals surface area contributed by atoms with Crippen molar-refractivity contribution in [1.82, 2.24) is 9.78 Å². The molecule has 0 atom stereocenters. The summed E-state index contributed by atoms with van der Waals surface area (Å²) < 4.78 is 23.8. The van der Waals surface area contributed by atoms with Crippen molar-refractivity contribution < 1.29 is 8.42 Å². The van der Waals surface area contributed by atoms with Gasteiger partial charge in [0.1, 0.15) is 10.0 Å². The van der Waals surface area contributed by atoms with E-state index in [0.29, 0.717) is 12.2 Å². The molecule has 4 nitrogen and oxygen atoms in total. The second kappa shape index (κ2) is 4.72. The lowest BCUT2D eigenvalue weighted by Gasteiger charge is -2.00. The fourth-order valence-corrected chi connectivity index (χ4v) is 3.21. The molecule has 0 aliphatic carbocycles. The molecular formula is C8H12Cl2N2O2S. The molecule has 0 unspecified atom stereocenters. The van der Waals surface area contributed by atoms with Gasteiger partial charge in [0.05, 0.1) is 5.69 Å². The normalized spacial score (nSPS) is 12.0. The number of hydrogen-bond donors (Lipinski definition) is 0. The van der Waals surface area contributed by atoms with Gasteiger partial charge in [-0.25, -0.2) is 8.42 Å². The molecule has 15 heavy (non-hydrogen) atoms. The Labute approximate surface area is 98.6 Å². The molecule has 1 aromatic heterocycles. The Balaban J connectivity index is 3.15. The van der Waals surface area contributed by atoms with E-state index < -0.39 is 9.05 Å². The van der Waals surface area contributed by atoms with Gasteiger partial charge in [-0.05, 0) is 13.3 Å². The van der Waals surface area contributed by atoms with Crippen LogP contribution in [0.3, 0.4) is 0 Å². The van der Waals surface area contributed by atoms with Crippen molar-refractivity contribution in [1.29, 1.82) is 0 Å². The minimum atomic E-state index is -3.81. The largest absolute Gasteiger partial charge is 0.266 e. The highest BCUT2D eigenvalue weighted by atomic mass is 35.7. The average molecular weight is 271 g/mol. The van der Waals surface area contributed by atoms with Gasteiger partial charge < -0.3 is 0 Å². The van der Waals surface area contributed by atoms with Crippen LogP contribution in [-0.2, 0) is 15.6 Å². The van der Waals surface area contributed by atoms with Crippen LogP contribution in [0.2, 0.25) is 5.15 Å². The van der Waals surface area contributed by atoms with E-state index in [0.717, 1.165) is 12.8 Å². The van der Waals surface area contributed by atoms with Gasteiger partial charge in [0.25, 0.3) is 9.05 Å². The number of rotatable bonds is 4. The van der Waals surface area contributed by atoms with Gasteiger partial charge in [0.2, 0.25) is 0 Å². The molecule has 0 spiro atoms. The van der Waals surface area contributed by atoms with Crippen LogP contribution in [0.5, 0.6) is 0 Å². The zero-order valence-corrected chi connectivity index (χ0v) is 10.8. The second-order valence-electron chi connectivity index (χ2n) is 3.22. The van der Waals surface area contributed by atoms with Crippen molar-refractivity contribution in [3.8, 4) is 0 Å². The van der Waals surface area contributed by atoms with Crippen LogP contribution >= 0.6 is 22.3 Å². The molecular weight excluding hydrogens is 259 g/mol. The third kappa shape index (κ3) is 2.86. The van der Waals surface area contributed by atoms with Crippen LogP contribution in [0.4, 0.5) is 0 Å². The van der Waals surface area contributed by atoms with E-state index in [-0.39, 0.29) is 10.0 Å². The van der Waals surface area contributed by atoms with Crippen LogP contribution in [0.15, 0.2) is 4.90 Å². The Morgan fingerprint density at radius 1 is 1.47 bits per heavy atom. The maximum atomic E-state index is 11.2. The molecule has 0 N–H and O–H groups in total. The number of aryl methyl sites for hydroxylation is 2. The highest BCUT2D eigenvalue weighted by Gasteiger charge is 2.23. The Morgan fingerprint density at radius 3 is 2.47 bits per heavy atom. The zero-order valence-electron chi connectivity index (χ0n) is 8.50. The van der Waals surface area contributed by atoms with Gasteiger partial charge in [-0.2, -0.15) is 5.10 Å². The van der Waals surface area contributed by atoms with Gasteiger partial charge in [-0.3, -0.25) is 4.68 Å². The molecule has 0 fully saturated rings. The smallest absolute Gasteiger partial charge is 0.252 e. The van der Waals surface area contributed by atoms with E-state index >= 15 is 0 Å². The van der Waals surface area contributed by atoms with Crippen molar-refractivity contribution in [3.63, 3.8) is 0 Å². The third-order valence-electron chi connectivity index (χ3n) is 1.98. The van der Waals surface area contributed by atoms with Crippen LogP contribution in [0.25, 0.3) is 0 Å². The molecule has 0 radical (unpaired) electrons. The summed E-state index contributed by atoms with van der Waals surface area (Å²) in [7, 11) is 1.44. The molecule has 0 saturated heterocycles. The molecule has 0 aliphatic heterocycles. The summed E-state index contributed by atoms with van der Waals surface area (Å²) in [6, 6.07) is 0. The van der Waals surface area contributed by atoms with Crippen molar-refractivity contribution in [3.05, 3.63) is 10.8 Å². The molecule has 1 rings (SSSR count). The number of halogens is 2. The maximum absolute atomic E-state index is 11.2. The Morgan fingerprint density at radius 2 is 2.07 bits per heavy atom. The molecule has 7 heteroatoms. The summed E-state index contributed by atoms with van der Waals surface area (Å²) >= 11 is 5.89. The maximum Gasteiger partial charge on any atom is 0.266 e. The first-order valence-corrected chi connectivity index (χ1v) is 7.24. The molecule has 0 aliphatic rings. The fraction of sp³-hybridized carbons (Fsp3) is 0.625. The van der Waals surface area contributed by atoms with E-state index in [1.165, 1.54) is 4.68 Å². The molecule has 0 amide bonds. The Bertz CT molecular complexity index is 453. The van der Waals surface area contributed by atoms with Crippen molar-refractivity contribution >= 4 is 31.3 Å². The first-order valence-electron chi connectivity index (χ1n) is 4.55. The van der Waals surface area contributed by atoms with Crippen LogP contribution in [-0.4, -0.2) is 18.2 Å². The molecule has 1 heterocycles. The number of nitrogens with zero attached hydrogens (tertiary/aromatic N) is 2. The van der Waals surface area contributed by atoms with E-state index in [1.807, 2.05) is 6.92 Å². The van der Waals surface area contributed by atoms with Crippen LogP contribution in [0, 0.1) is 6.92 Å². The van der Waals surface area contributed by atoms with Gasteiger partial charge in [-0.15, -0.1) is 0 Å². The van der Waals surface area contributed by atoms with Gasteiger partial charge in [-0.1, -0.05) is 24.9 Å². The Hall–Kier alpha value is -0.260. The van der Waals surface area contributed by atoms with Crippen LogP contribution < -0.4 is 0 Å². The number of aromatic nitrogens is 2. The summed E-state index contributed by atoms with van der Waals surface area (Å²) in [6.45, 7) is 4.20. The topological polar surface area (TPSA) is 52.0 Å². The molecule has 0 bridgehead atoms. The quantitative estimate of drug-likeness (QED) is 0.791. The zero-order chi connectivity index (χ0) is 11.6. The summed E-state index contributed by atoms with van der Waals surface area (Å²) in [5.74, 6) is 0. The Kier molecular flexibility index (Phi) is 4.03. The number of unbranched alkanes of at least 4 members (excludes halogenated alkanes) is 1. The van der Waals surface area contributed by atoms with Crippen LogP contribution in [0.1, 0.15) is 25.5 Å². The molecule has 1 aromatic rings. The lowest BCUT2D eigenvalue weighted by Crippen LogP contribution is -2.00. The summed E-state index contributed by atoms with van der Waals surface area (Å²) in [5, 5.41) is 4.13. The monoisotopic (exact) mass is 270 g/mol. The van der Waals surface area contributed by atoms with E-state index in [4.69, 9.17) is 22.3 Å². The summed E-state index contributed by atoms with van der Waals surface area (Å²) in [4.78, 5) is -0.0815. The van der Waals surface area contributed by atoms with Gasteiger partial charge in [0.15, 0.2) is 0 Å². The molecule has 0 saturated carbocycles. The first kappa shape index (κ1) is 12.8. The third-order valence-corrected chi connectivity index (χ3v) is 3.92. The minimum Gasteiger partial charge on any atom is -0.252 e. The van der Waals surface area contributed by atoms with Crippen molar-refractivity contribution in [2.75, 3.05) is 0 Å². The van der Waals surface area contributed by atoms with E-state index in [9.17, 15) is 8.42 Å². The van der Waals surface area contributed by atoms with Crippen molar-refractivity contribution in [2.24, 2.45) is 0 Å². The lowest BCUT2D eigenvalue weighted by molar-refractivity contribution is 0.568. The minimum absolute atomic E-state index is 0.0815. The van der Waals surface area contributed by atoms with Crippen molar-refractivity contribution in [2.45, 2.75) is 38.1 Å². The summed E-state index contributed by atoms with van der Waals surface area (Å²) in [5.41, 5.74) is 0.339. The lowest BCUT2D eigenvalue weighted by atomic mass is 10.3. The standard InChI is InChI=1S/C8H12Cl2N2O2S/c1-3-4-5-12-8(9)7(6(2)11-12)15(10,13)14/h3-5H2,1-2H3. The van der Waals surface area contributed by atoms with Gasteiger partial charge in [0, 0.05) is 17.2 Å². The SMILES string of the molecule is CCCCn1nc(C)c(S(=O)(=O)Cl)c1Cl. The highest BCUT2D eigenvalue weighted by Crippen LogP contribution is 2.27. The fourth-order valence-electron chi connectivity index (χ4n) is 1.27. The highest BCUT2D eigenvalue weighted by molar-refractivity contribution is 8.13. The molecule has 86 valence electrons. The average Bonchev–Trinajstić information content (AvgIpc) is 2.36. The number of hydrogen-bond acceptors (Lipinski definition) is 3. The predicted molar refractivity (Wildman–Crippen MR) is 59.9 cm³/mol. The first-order chi connectivity index (χ1) is 6.88. The molecule has 0 aromatic carbocycles. The summed E-state index contributed by atoms with van der Waals surface area (Å²) in [6.07, 6.45) is 1.88. The predicted octanol–water partition coefficient (Wildman–Crippen LogP) is 2.57. The van der Waals surface area contributed by atoms with Gasteiger partial charge >= 0.3 is 0 Å². The van der Waals surface area contributed by atoms with E-state index in [1.54, 1.807) is 6.92 Å².